The zero-order chi connectivity index (χ0) is 15.9. The summed E-state index contributed by atoms with van der Waals surface area (Å²) in [6.07, 6.45) is 5.65. The van der Waals surface area contributed by atoms with E-state index in [2.05, 4.69) is 35.6 Å². The molecule has 0 unspecified atom stereocenters. The zero-order valence-electron chi connectivity index (χ0n) is 13.2. The quantitative estimate of drug-likeness (QED) is 0.811. The number of benzene rings is 1. The van der Waals surface area contributed by atoms with E-state index in [1.165, 1.54) is 5.56 Å². The van der Waals surface area contributed by atoms with Crippen LogP contribution in [0, 0.1) is 0 Å². The molecule has 120 valence electrons. The van der Waals surface area contributed by atoms with Crippen LogP contribution in [0.1, 0.15) is 23.3 Å². The number of carbonyl (C=O) groups excluding carboxylic acids is 1. The molecule has 0 saturated carbocycles. The maximum absolute atomic E-state index is 12.0. The summed E-state index contributed by atoms with van der Waals surface area (Å²) in [6, 6.07) is 15.0. The van der Waals surface area contributed by atoms with Crippen molar-refractivity contribution in [1.82, 2.24) is 5.32 Å². The monoisotopic (exact) mass is 327 g/mol. The first-order chi connectivity index (χ1) is 11.3. The molecule has 3 rings (SSSR count). The molecule has 1 aromatic carbocycles. The van der Waals surface area contributed by atoms with E-state index in [0.29, 0.717) is 6.04 Å². The van der Waals surface area contributed by atoms with Gasteiger partial charge < -0.3 is 10.2 Å². The Morgan fingerprint density at radius 1 is 1.17 bits per heavy atom. The molecule has 1 aliphatic rings. The van der Waals surface area contributed by atoms with Crippen LogP contribution in [0.4, 0.5) is 0 Å². The number of carbonyl (C=O) groups is 1. The fourth-order valence-corrected chi connectivity index (χ4v) is 3.64. The molecule has 0 atom stereocenters. The summed E-state index contributed by atoms with van der Waals surface area (Å²) >= 11 is 1.64. The minimum absolute atomic E-state index is 0.0231. The standard InChI is InChI=1S/C19H22N2OS/c22-19(9-8-18-7-4-14-23-18)20-17-10-12-21(13-11-17)15-16-5-2-1-3-6-16/h1-9,14,17H,10-13,15H2,(H,20,22)/p+1. The van der Waals surface area contributed by atoms with E-state index in [9.17, 15) is 4.79 Å². The van der Waals surface area contributed by atoms with E-state index in [0.717, 1.165) is 37.4 Å². The number of amides is 1. The maximum Gasteiger partial charge on any atom is 0.244 e. The van der Waals surface area contributed by atoms with Gasteiger partial charge in [0.05, 0.1) is 13.1 Å². The molecule has 1 amide bonds. The van der Waals surface area contributed by atoms with Gasteiger partial charge in [0, 0.05) is 35.4 Å². The van der Waals surface area contributed by atoms with Crippen molar-refractivity contribution >= 4 is 23.3 Å². The van der Waals surface area contributed by atoms with Gasteiger partial charge in [-0.2, -0.15) is 0 Å². The van der Waals surface area contributed by atoms with Gasteiger partial charge in [-0.1, -0.05) is 36.4 Å². The molecule has 0 aliphatic carbocycles. The lowest BCUT2D eigenvalue weighted by molar-refractivity contribution is -0.918. The van der Waals surface area contributed by atoms with Crippen LogP contribution in [0.25, 0.3) is 6.08 Å². The first kappa shape index (κ1) is 16.0. The normalized spacial score (nSPS) is 21.4. The van der Waals surface area contributed by atoms with Gasteiger partial charge in [0.2, 0.25) is 5.91 Å². The smallest absolute Gasteiger partial charge is 0.244 e. The van der Waals surface area contributed by atoms with Gasteiger partial charge in [0.25, 0.3) is 0 Å². The topological polar surface area (TPSA) is 33.5 Å². The fourth-order valence-electron chi connectivity index (χ4n) is 3.02. The lowest BCUT2D eigenvalue weighted by Crippen LogP contribution is -3.12. The van der Waals surface area contributed by atoms with Crippen molar-refractivity contribution in [1.29, 1.82) is 0 Å². The van der Waals surface area contributed by atoms with Crippen molar-refractivity contribution in [2.24, 2.45) is 0 Å². The van der Waals surface area contributed by atoms with Crippen LogP contribution < -0.4 is 10.2 Å². The molecule has 2 N–H and O–H groups in total. The van der Waals surface area contributed by atoms with Gasteiger partial charge in [0.15, 0.2) is 0 Å². The van der Waals surface area contributed by atoms with E-state index in [1.807, 2.05) is 23.6 Å². The molecule has 4 heteroatoms. The second-order valence-electron chi connectivity index (χ2n) is 6.04. The Kier molecular flexibility index (Phi) is 5.61. The summed E-state index contributed by atoms with van der Waals surface area (Å²) in [5.74, 6) is 0.0231. The van der Waals surface area contributed by atoms with Crippen LogP contribution in [0.2, 0.25) is 0 Å². The van der Waals surface area contributed by atoms with E-state index in [4.69, 9.17) is 0 Å². The first-order valence-corrected chi connectivity index (χ1v) is 9.07. The molecule has 0 bridgehead atoms. The summed E-state index contributed by atoms with van der Waals surface area (Å²) < 4.78 is 0. The molecule has 3 nitrogen and oxygen atoms in total. The van der Waals surface area contributed by atoms with Gasteiger partial charge in [-0.25, -0.2) is 0 Å². The Hall–Kier alpha value is -1.91. The molecule has 2 heterocycles. The Bertz CT molecular complexity index is 629. The van der Waals surface area contributed by atoms with Gasteiger partial charge in [-0.15, -0.1) is 11.3 Å². The Morgan fingerprint density at radius 2 is 1.96 bits per heavy atom. The van der Waals surface area contributed by atoms with E-state index in [-0.39, 0.29) is 5.91 Å². The number of likely N-dealkylation sites (tertiary alicyclic amines) is 1. The average Bonchev–Trinajstić information content (AvgIpc) is 3.09. The lowest BCUT2D eigenvalue weighted by atomic mass is 10.0. The third-order valence-electron chi connectivity index (χ3n) is 4.28. The minimum Gasteiger partial charge on any atom is -0.349 e. The third kappa shape index (κ3) is 5.05. The molecule has 0 spiro atoms. The number of hydrogen-bond acceptors (Lipinski definition) is 2. The van der Waals surface area contributed by atoms with Crippen molar-refractivity contribution in [2.75, 3.05) is 13.1 Å². The van der Waals surface area contributed by atoms with Gasteiger partial charge in [0.1, 0.15) is 6.54 Å². The van der Waals surface area contributed by atoms with Crippen LogP contribution in [0.5, 0.6) is 0 Å². The highest BCUT2D eigenvalue weighted by molar-refractivity contribution is 7.10. The average molecular weight is 327 g/mol. The van der Waals surface area contributed by atoms with Crippen LogP contribution >= 0.6 is 11.3 Å². The minimum atomic E-state index is 0.0231. The van der Waals surface area contributed by atoms with Crippen LogP contribution in [-0.4, -0.2) is 25.0 Å². The Labute approximate surface area is 141 Å². The summed E-state index contributed by atoms with van der Waals surface area (Å²) in [6.45, 7) is 3.32. The van der Waals surface area contributed by atoms with Crippen LogP contribution in [0.15, 0.2) is 53.9 Å². The molecule has 0 radical (unpaired) electrons. The lowest BCUT2D eigenvalue weighted by Gasteiger charge is -2.29. The Balaban J connectivity index is 1.41. The third-order valence-corrected chi connectivity index (χ3v) is 5.12. The molecule has 1 aromatic heterocycles. The predicted octanol–water partition coefficient (Wildman–Crippen LogP) is 2.12. The fraction of sp³-hybridized carbons (Fsp3) is 0.316. The number of rotatable bonds is 5. The van der Waals surface area contributed by atoms with E-state index >= 15 is 0 Å². The highest BCUT2D eigenvalue weighted by atomic mass is 32.1. The summed E-state index contributed by atoms with van der Waals surface area (Å²) in [4.78, 5) is 14.7. The van der Waals surface area contributed by atoms with Crippen molar-refractivity contribution in [3.63, 3.8) is 0 Å². The van der Waals surface area contributed by atoms with E-state index < -0.39 is 0 Å². The number of nitrogens with one attached hydrogen (secondary N) is 2. The second-order valence-corrected chi connectivity index (χ2v) is 7.02. The van der Waals surface area contributed by atoms with E-state index in [1.54, 1.807) is 22.3 Å². The first-order valence-electron chi connectivity index (χ1n) is 8.19. The van der Waals surface area contributed by atoms with Crippen molar-refractivity contribution in [2.45, 2.75) is 25.4 Å². The summed E-state index contributed by atoms with van der Waals surface area (Å²) in [5, 5.41) is 5.15. The Morgan fingerprint density at radius 3 is 2.65 bits per heavy atom. The second kappa shape index (κ2) is 8.09. The molecule has 23 heavy (non-hydrogen) atoms. The summed E-state index contributed by atoms with van der Waals surface area (Å²) in [5.41, 5.74) is 1.39. The SMILES string of the molecule is O=C(C=Cc1cccs1)NC1CC[NH+](Cc2ccccc2)CC1. The largest absolute Gasteiger partial charge is 0.349 e. The number of quaternary nitrogens is 1. The van der Waals surface area contributed by atoms with Gasteiger partial charge >= 0.3 is 0 Å². The zero-order valence-corrected chi connectivity index (χ0v) is 14.0. The maximum atomic E-state index is 12.0. The van der Waals surface area contributed by atoms with Crippen molar-refractivity contribution in [3.05, 3.63) is 64.4 Å². The molecule has 2 aromatic rings. The van der Waals surface area contributed by atoms with Crippen LogP contribution in [-0.2, 0) is 11.3 Å². The van der Waals surface area contributed by atoms with Gasteiger partial charge in [-0.3, -0.25) is 4.79 Å². The highest BCUT2D eigenvalue weighted by Gasteiger charge is 2.22. The number of piperidine rings is 1. The molecular formula is C19H23N2OS+. The van der Waals surface area contributed by atoms with Crippen LogP contribution in [0.3, 0.4) is 0 Å². The summed E-state index contributed by atoms with van der Waals surface area (Å²) in [7, 11) is 0. The van der Waals surface area contributed by atoms with Crippen molar-refractivity contribution < 1.29 is 9.69 Å². The number of thiophene rings is 1. The van der Waals surface area contributed by atoms with Crippen molar-refractivity contribution in [3.8, 4) is 0 Å². The molecule has 1 aliphatic heterocycles. The molecular weight excluding hydrogens is 304 g/mol. The van der Waals surface area contributed by atoms with Gasteiger partial charge in [-0.05, 0) is 17.5 Å². The predicted molar refractivity (Wildman–Crippen MR) is 95.4 cm³/mol. The molecule has 1 saturated heterocycles. The highest BCUT2D eigenvalue weighted by Crippen LogP contribution is 2.10. The number of hydrogen-bond donors (Lipinski definition) is 2. The molecule has 1 fully saturated rings.